The van der Waals surface area contributed by atoms with Crippen molar-refractivity contribution in [3.63, 3.8) is 0 Å². The van der Waals surface area contributed by atoms with Gasteiger partial charge >= 0.3 is 0 Å². The van der Waals surface area contributed by atoms with Crippen molar-refractivity contribution < 1.29 is 18.7 Å². The predicted molar refractivity (Wildman–Crippen MR) is 147 cm³/mol. The summed E-state index contributed by atoms with van der Waals surface area (Å²) < 4.78 is 25.5. The van der Waals surface area contributed by atoms with Crippen LogP contribution in [0.25, 0.3) is 10.2 Å². The fraction of sp³-hybridized carbons (Fsp3) is 0.519. The second-order valence-corrected chi connectivity index (χ2v) is 11.3. The molecule has 5 N–H and O–H groups in total. The third kappa shape index (κ3) is 5.20. The van der Waals surface area contributed by atoms with Crippen molar-refractivity contribution in [1.29, 1.82) is 0 Å². The number of nitrogens with zero attached hydrogens (tertiary/aromatic N) is 3. The van der Waals surface area contributed by atoms with Crippen LogP contribution in [0.3, 0.4) is 0 Å². The summed E-state index contributed by atoms with van der Waals surface area (Å²) in [5, 5.41) is 3.59. The third-order valence-electron chi connectivity index (χ3n) is 7.70. The van der Waals surface area contributed by atoms with Gasteiger partial charge in [0.25, 0.3) is 5.91 Å². The van der Waals surface area contributed by atoms with Gasteiger partial charge in [-0.2, -0.15) is 0 Å². The molecule has 4 heterocycles. The first kappa shape index (κ1) is 26.7. The van der Waals surface area contributed by atoms with E-state index in [0.717, 1.165) is 29.9 Å². The number of nitrogens with one attached hydrogen (secondary N) is 1. The van der Waals surface area contributed by atoms with Gasteiger partial charge in [0.1, 0.15) is 21.3 Å². The van der Waals surface area contributed by atoms with Crippen molar-refractivity contribution in [1.82, 2.24) is 15.3 Å². The molecule has 0 radical (unpaired) electrons. The maximum atomic E-state index is 14.0. The lowest BCUT2D eigenvalue weighted by Gasteiger charge is -2.27. The van der Waals surface area contributed by atoms with E-state index in [9.17, 15) is 9.18 Å². The average Bonchev–Trinajstić information content (AvgIpc) is 3.42. The Morgan fingerprint density at radius 3 is 2.82 bits per heavy atom. The van der Waals surface area contributed by atoms with Crippen molar-refractivity contribution >= 4 is 39.0 Å². The third-order valence-corrected chi connectivity index (χ3v) is 8.81. The molecule has 9 nitrogen and oxygen atoms in total. The second kappa shape index (κ2) is 10.7. The van der Waals surface area contributed by atoms with Crippen LogP contribution in [0.5, 0.6) is 0 Å². The quantitative estimate of drug-likeness (QED) is 0.416. The van der Waals surface area contributed by atoms with Gasteiger partial charge in [0.05, 0.1) is 35.7 Å². The Hall–Kier alpha value is -2.86. The summed E-state index contributed by atoms with van der Waals surface area (Å²) in [5.41, 5.74) is 15.3. The lowest BCUT2D eigenvalue weighted by atomic mass is 9.91. The summed E-state index contributed by atoms with van der Waals surface area (Å²) in [6.45, 7) is 6.94. The number of carbonyl (C=O) groups excluding carboxylic acids is 1. The molecule has 5 unspecified atom stereocenters. The van der Waals surface area contributed by atoms with Crippen LogP contribution in [0.4, 0.5) is 15.9 Å². The minimum Gasteiger partial charge on any atom is -0.397 e. The van der Waals surface area contributed by atoms with Crippen LogP contribution in [-0.4, -0.2) is 66.5 Å². The molecule has 1 fully saturated rings. The van der Waals surface area contributed by atoms with E-state index >= 15 is 0 Å². The van der Waals surface area contributed by atoms with Crippen molar-refractivity contribution in [2.24, 2.45) is 5.73 Å². The number of amides is 1. The summed E-state index contributed by atoms with van der Waals surface area (Å²) in [6, 6.07) is 5.32. The first-order valence-electron chi connectivity index (χ1n) is 13.0. The molecule has 0 spiro atoms. The van der Waals surface area contributed by atoms with E-state index in [2.05, 4.69) is 21.3 Å². The number of aryl methyl sites for hydroxylation is 2. The first-order valence-corrected chi connectivity index (χ1v) is 13.8. The van der Waals surface area contributed by atoms with E-state index in [4.69, 9.17) is 25.9 Å². The molecule has 5 rings (SSSR count). The molecule has 0 saturated carbocycles. The molecule has 3 aromatic heterocycles. The van der Waals surface area contributed by atoms with Crippen molar-refractivity contribution in [2.45, 2.75) is 70.4 Å². The highest BCUT2D eigenvalue weighted by molar-refractivity contribution is 7.21. The molecular weight excluding hydrogens is 507 g/mol. The zero-order valence-corrected chi connectivity index (χ0v) is 23.0. The summed E-state index contributed by atoms with van der Waals surface area (Å²) in [6.07, 6.45) is 2.06. The number of halogens is 1. The van der Waals surface area contributed by atoms with E-state index in [1.165, 1.54) is 17.4 Å². The number of aromatic nitrogens is 2. The molecule has 1 amide bonds. The summed E-state index contributed by atoms with van der Waals surface area (Å²) in [7, 11) is 1.68. The van der Waals surface area contributed by atoms with Gasteiger partial charge in [-0.25, -0.2) is 14.4 Å². The van der Waals surface area contributed by atoms with Crippen LogP contribution in [-0.2, 0) is 22.3 Å². The molecule has 204 valence electrons. The number of thiophene rings is 1. The maximum Gasteiger partial charge on any atom is 0.263 e. The largest absolute Gasteiger partial charge is 0.397 e. The van der Waals surface area contributed by atoms with Gasteiger partial charge in [-0.05, 0) is 57.7 Å². The van der Waals surface area contributed by atoms with E-state index in [0.29, 0.717) is 34.6 Å². The summed E-state index contributed by atoms with van der Waals surface area (Å²) >= 11 is 1.19. The Bertz CT molecular complexity index is 1350. The molecule has 1 saturated heterocycles. The van der Waals surface area contributed by atoms with Crippen LogP contribution >= 0.6 is 11.3 Å². The fourth-order valence-corrected chi connectivity index (χ4v) is 6.16. The molecule has 38 heavy (non-hydrogen) atoms. The van der Waals surface area contributed by atoms with E-state index in [1.54, 1.807) is 14.0 Å². The average molecular weight is 543 g/mol. The minimum absolute atomic E-state index is 0.00858. The topological polar surface area (TPSA) is 129 Å². The first-order chi connectivity index (χ1) is 18.1. The van der Waals surface area contributed by atoms with Crippen molar-refractivity contribution in [3.8, 4) is 0 Å². The molecule has 1 aliphatic heterocycles. The smallest absolute Gasteiger partial charge is 0.263 e. The number of pyridine rings is 2. The van der Waals surface area contributed by atoms with Gasteiger partial charge in [0, 0.05) is 37.3 Å². The highest BCUT2D eigenvalue weighted by atomic mass is 32.1. The maximum absolute atomic E-state index is 14.0. The summed E-state index contributed by atoms with van der Waals surface area (Å²) in [5.74, 6) is 0.211. The van der Waals surface area contributed by atoms with E-state index < -0.39 is 5.82 Å². The van der Waals surface area contributed by atoms with E-state index in [1.807, 2.05) is 19.9 Å². The minimum atomic E-state index is -0.432. The number of hydrogen-bond donors (Lipinski definition) is 3. The Morgan fingerprint density at radius 1 is 1.26 bits per heavy atom. The van der Waals surface area contributed by atoms with Crippen molar-refractivity contribution in [3.05, 3.63) is 45.8 Å². The van der Waals surface area contributed by atoms with Crippen LogP contribution in [0, 0.1) is 12.7 Å². The van der Waals surface area contributed by atoms with Crippen molar-refractivity contribution in [2.75, 3.05) is 30.8 Å². The molecule has 3 aromatic rings. The monoisotopic (exact) mass is 542 g/mol. The molecule has 1 aliphatic carbocycles. The number of fused-ring (bicyclic) bond motifs is 2. The zero-order valence-electron chi connectivity index (χ0n) is 22.2. The number of nitrogen functional groups attached to an aromatic ring is 1. The molecule has 5 atom stereocenters. The molecule has 2 aliphatic rings. The van der Waals surface area contributed by atoms with Crippen LogP contribution in [0.2, 0.25) is 0 Å². The van der Waals surface area contributed by atoms with Gasteiger partial charge in [0.15, 0.2) is 0 Å². The van der Waals surface area contributed by atoms with Gasteiger partial charge in [-0.1, -0.05) is 6.07 Å². The molecule has 11 heteroatoms. The standard InChI is InChI=1S/C27H35FN6O3S/c1-13-19(28)10-18-24(30)25(38-27(18)31-13)26(35)32-17-6-7-21-16(9-17)5-8-23(33-21)34-11-20(29)22(12-34)37-15(3)14(2)36-4/h5,8,10,14-15,17,20,22H,6-7,9,11-12,29-30H2,1-4H3,(H,32,35). The van der Waals surface area contributed by atoms with Crippen LogP contribution in [0.1, 0.15) is 46.9 Å². The SMILES string of the molecule is COC(C)C(C)OC1CN(c2ccc3c(n2)CCC(NC(=O)c2sc4nc(C)c(F)cc4c2N)C3)CC1N. The Labute approximate surface area is 225 Å². The predicted octanol–water partition coefficient (Wildman–Crippen LogP) is 2.96. The number of methoxy groups -OCH3 is 1. The fourth-order valence-electron chi connectivity index (χ4n) is 5.13. The molecule has 0 aromatic carbocycles. The number of rotatable bonds is 7. The second-order valence-electron chi connectivity index (χ2n) is 10.3. The summed E-state index contributed by atoms with van der Waals surface area (Å²) in [4.78, 5) is 25.3. The normalized spacial score (nSPS) is 22.9. The van der Waals surface area contributed by atoms with Gasteiger partial charge < -0.3 is 31.2 Å². The number of hydrogen-bond acceptors (Lipinski definition) is 9. The Balaban J connectivity index is 1.23. The highest BCUT2D eigenvalue weighted by Gasteiger charge is 2.34. The number of carbonyl (C=O) groups is 1. The van der Waals surface area contributed by atoms with Gasteiger partial charge in [-0.15, -0.1) is 11.3 Å². The van der Waals surface area contributed by atoms with E-state index in [-0.39, 0.29) is 47.7 Å². The highest BCUT2D eigenvalue weighted by Crippen LogP contribution is 2.34. The van der Waals surface area contributed by atoms with Gasteiger partial charge in [0.2, 0.25) is 0 Å². The number of ether oxygens (including phenoxy) is 2. The molecule has 0 bridgehead atoms. The Kier molecular flexibility index (Phi) is 7.54. The lowest BCUT2D eigenvalue weighted by molar-refractivity contribution is -0.0713. The number of nitrogens with two attached hydrogens (primary N) is 2. The lowest BCUT2D eigenvalue weighted by Crippen LogP contribution is -2.40. The number of anilines is 2. The zero-order chi connectivity index (χ0) is 27.1. The van der Waals surface area contributed by atoms with Gasteiger partial charge in [-0.3, -0.25) is 4.79 Å². The van der Waals surface area contributed by atoms with Crippen LogP contribution < -0.4 is 21.7 Å². The Morgan fingerprint density at radius 2 is 2.05 bits per heavy atom. The van der Waals surface area contributed by atoms with Crippen LogP contribution in [0.15, 0.2) is 18.2 Å². The molecular formula is C27H35FN6O3S.